The number of hydrogen-bond donors (Lipinski definition) is 3. The summed E-state index contributed by atoms with van der Waals surface area (Å²) >= 11 is 0. The molecule has 2 saturated heterocycles. The summed E-state index contributed by atoms with van der Waals surface area (Å²) in [6.45, 7) is 20.8. The third-order valence-electron chi connectivity index (χ3n) is 20.6. The number of nitrogens with zero attached hydrogens (tertiary/aromatic N) is 9. The van der Waals surface area contributed by atoms with E-state index < -0.39 is 174 Å². The fraction of sp³-hybridized carbons (Fsp3) is 0.671. The summed E-state index contributed by atoms with van der Waals surface area (Å²) < 4.78 is 0. The first-order valence-electron chi connectivity index (χ1n) is 36.1. The van der Waals surface area contributed by atoms with E-state index in [2.05, 4.69) is 10.6 Å². The molecule has 2 aliphatic heterocycles. The van der Waals surface area contributed by atoms with Gasteiger partial charge in [0, 0.05) is 101 Å². The predicted molar refractivity (Wildman–Crippen MR) is 386 cm³/mol. The summed E-state index contributed by atoms with van der Waals surface area (Å²) in [5, 5.41) is 17.0. The van der Waals surface area contributed by atoms with Gasteiger partial charge in [-0.05, 0) is 102 Å². The molecule has 0 bridgehead atoms. The number of rotatable bonds is 13. The molecule has 25 nitrogen and oxygen atoms in total. The van der Waals surface area contributed by atoms with Crippen LogP contribution in [0.4, 0.5) is 0 Å². The molecule has 2 fully saturated rings. The summed E-state index contributed by atoms with van der Waals surface area (Å²) in [6, 6.07) is 5.82. The number of likely N-dealkylation sites (N-methyl/N-ethyl adjacent to an activating group) is 8. The highest BCUT2D eigenvalue weighted by molar-refractivity contribution is 6.00. The average Bonchev–Trinajstić information content (AvgIpc) is 0.818. The second kappa shape index (κ2) is 39.5. The van der Waals surface area contributed by atoms with Crippen LogP contribution in [0.25, 0.3) is 0 Å². The average molecular weight is 1410 g/mol. The van der Waals surface area contributed by atoms with Crippen molar-refractivity contribution in [3.05, 3.63) is 71.8 Å². The molecule has 0 aliphatic carbocycles. The number of carbonyl (C=O) groups is 13. The highest BCUT2D eigenvalue weighted by atomic mass is 16.3. The molecule has 2 aromatic rings. The minimum Gasteiger partial charge on any atom is -0.393 e. The van der Waals surface area contributed by atoms with Gasteiger partial charge in [-0.3, -0.25) is 67.2 Å². The van der Waals surface area contributed by atoms with E-state index in [0.717, 1.165) is 11.3 Å². The molecule has 4 rings (SSSR count). The van der Waals surface area contributed by atoms with Gasteiger partial charge in [0.1, 0.15) is 48.1 Å². The van der Waals surface area contributed by atoms with E-state index in [0.29, 0.717) is 43.5 Å². The van der Waals surface area contributed by atoms with Crippen molar-refractivity contribution in [2.24, 2.45) is 29.6 Å². The van der Waals surface area contributed by atoms with Crippen molar-refractivity contribution in [3.63, 3.8) is 0 Å². The number of aliphatic hydroxyl groups is 1. The minimum atomic E-state index is -1.45. The number of Topliss-reactive ketones (excluding diaryl/α,β-unsaturated/α-hetero) is 3. The lowest BCUT2D eigenvalue weighted by molar-refractivity contribution is -0.153. The van der Waals surface area contributed by atoms with Crippen LogP contribution in [-0.2, 0) is 75.2 Å². The number of nitrogens with one attached hydrogen (secondary N) is 2. The van der Waals surface area contributed by atoms with E-state index >= 15 is 19.2 Å². The minimum absolute atomic E-state index is 0.0181. The Morgan fingerprint density at radius 3 is 1.49 bits per heavy atom. The van der Waals surface area contributed by atoms with Crippen LogP contribution in [0.1, 0.15) is 158 Å². The van der Waals surface area contributed by atoms with Crippen LogP contribution in [0.5, 0.6) is 0 Å². The maximum absolute atomic E-state index is 15.3. The molecule has 0 aromatic heterocycles. The molecule has 2 heterocycles. The molecule has 562 valence electrons. The Balaban J connectivity index is 1.88. The number of benzene rings is 2. The number of piperidine rings is 1. The van der Waals surface area contributed by atoms with Crippen molar-refractivity contribution in [2.45, 2.75) is 227 Å². The zero-order valence-electron chi connectivity index (χ0n) is 63.9. The van der Waals surface area contributed by atoms with Gasteiger partial charge in [0.25, 0.3) is 0 Å². The van der Waals surface area contributed by atoms with Gasteiger partial charge in [0.2, 0.25) is 59.1 Å². The summed E-state index contributed by atoms with van der Waals surface area (Å²) in [5.41, 5.74) is 1.37. The smallest absolute Gasteiger partial charge is 0.246 e. The lowest BCUT2D eigenvalue weighted by Crippen LogP contribution is -2.60. The Morgan fingerprint density at radius 2 is 0.990 bits per heavy atom. The van der Waals surface area contributed by atoms with Gasteiger partial charge in [-0.2, -0.15) is 0 Å². The number of hydrogen-bond acceptors (Lipinski definition) is 15. The van der Waals surface area contributed by atoms with Gasteiger partial charge in [-0.15, -0.1) is 0 Å². The Bertz CT molecular complexity index is 3180. The van der Waals surface area contributed by atoms with Crippen molar-refractivity contribution < 1.29 is 67.4 Å². The molecule has 101 heavy (non-hydrogen) atoms. The predicted octanol–water partition coefficient (Wildman–Crippen LogP) is 4.68. The zero-order valence-corrected chi connectivity index (χ0v) is 63.9. The number of amides is 10. The second-order valence-electron chi connectivity index (χ2n) is 29.6. The standard InChI is InChI=1S/C76H119N11O14/c1-21-49(8)67-69(94)78-59(73(98)87-37-29-24-30-38-87)43-56(89)45-79(13)51(10)68(93)77-58(39-46(2)3)72(97)83(17)62(42-55-33-27-23-28-34-55)75(100)82(16)60(40-47(4)5)63(90)35-36-65(92)85(19)66(48(6)7)76(101)84(18)61(41-54-31-25-22-26-32-54)74(99)80(14)50(9)64(91)44-57(53(12)88)71(96)81(15)52(11)70(95)86(67)20/h22-23,25-28,31-34,46-53,57-62,66-67,88H,21,24,29-30,35-45H2,1-20H3,(H,77,93)(H,78,94)/t49-,50-,51+,52-,53+,57-,58-,59-,60-,61-,62-,66-,67-/m0/s1. The molecule has 0 saturated carbocycles. The molecule has 0 spiro atoms. The van der Waals surface area contributed by atoms with E-state index in [9.17, 15) is 48.3 Å². The zero-order chi connectivity index (χ0) is 76.2. The van der Waals surface area contributed by atoms with Crippen LogP contribution >= 0.6 is 0 Å². The van der Waals surface area contributed by atoms with Gasteiger partial charge >= 0.3 is 0 Å². The normalized spacial score (nSPS) is 26.8. The molecular weight excluding hydrogens is 1290 g/mol. The van der Waals surface area contributed by atoms with Gasteiger partial charge in [0.05, 0.1) is 36.7 Å². The monoisotopic (exact) mass is 1410 g/mol. The summed E-state index contributed by atoms with van der Waals surface area (Å²) in [7, 11) is 11.5. The molecule has 25 heteroatoms. The topological polar surface area (TPSA) is 295 Å². The van der Waals surface area contributed by atoms with Crippen LogP contribution in [-0.4, -0.2) is 268 Å². The van der Waals surface area contributed by atoms with Crippen molar-refractivity contribution in [1.29, 1.82) is 0 Å². The van der Waals surface area contributed by atoms with Crippen molar-refractivity contribution in [2.75, 3.05) is 76.0 Å². The quantitative estimate of drug-likeness (QED) is 0.245. The van der Waals surface area contributed by atoms with Crippen LogP contribution in [0.15, 0.2) is 60.7 Å². The lowest BCUT2D eigenvalue weighted by atomic mass is 9.92. The third kappa shape index (κ3) is 23.3. The molecule has 2 aliphatic rings. The number of ketones is 3. The van der Waals surface area contributed by atoms with Gasteiger partial charge in [-0.1, -0.05) is 122 Å². The number of carbonyl (C=O) groups excluding carboxylic acids is 13. The van der Waals surface area contributed by atoms with Crippen molar-refractivity contribution in [3.8, 4) is 0 Å². The Hall–Kier alpha value is -7.93. The molecule has 0 unspecified atom stereocenters. The Kier molecular flexibility index (Phi) is 33.4. The Morgan fingerprint density at radius 1 is 0.495 bits per heavy atom. The van der Waals surface area contributed by atoms with Crippen molar-refractivity contribution in [1.82, 2.24) is 54.7 Å². The van der Waals surface area contributed by atoms with Gasteiger partial charge in [-0.25, -0.2) is 0 Å². The molecule has 0 radical (unpaired) electrons. The fourth-order valence-electron chi connectivity index (χ4n) is 13.5. The van der Waals surface area contributed by atoms with Crippen molar-refractivity contribution >= 4 is 76.4 Å². The lowest BCUT2D eigenvalue weighted by Gasteiger charge is -2.38. The van der Waals surface area contributed by atoms with Crippen LogP contribution < -0.4 is 10.6 Å². The molecule has 3 N–H and O–H groups in total. The third-order valence-corrected chi connectivity index (χ3v) is 20.6. The highest BCUT2D eigenvalue weighted by Crippen LogP contribution is 2.26. The van der Waals surface area contributed by atoms with E-state index in [4.69, 9.17) is 0 Å². The van der Waals surface area contributed by atoms with Gasteiger partial charge < -0.3 is 54.9 Å². The second-order valence-corrected chi connectivity index (χ2v) is 29.6. The molecule has 10 amide bonds. The first-order valence-corrected chi connectivity index (χ1v) is 36.1. The SMILES string of the molecule is CC[C@H](C)[C@H]1C(=O)N[C@H](C(=O)N2CCCCC2)CC(=O)CN(C)[C@H](C)C(=O)N[C@@H](CC(C)C)C(=O)N(C)[C@@H](Cc2ccccc2)C(=O)N(C)[C@@H](CC(C)C)C(=O)CCC(=O)N(C)[C@@H](C(C)C)C(=O)N(C)[C@@H](Cc2ccccc2)C(=O)N(C)[C@@H](C)C(=O)C[C@@H]([C@@H](C)O)C(=O)N(C)[C@@H](C)C(=O)N1C. The number of likely N-dealkylation sites (tertiary alicyclic amines) is 1. The first-order chi connectivity index (χ1) is 47.3. The largest absolute Gasteiger partial charge is 0.393 e. The fourth-order valence-corrected chi connectivity index (χ4v) is 13.5. The first kappa shape index (κ1) is 85.5. The summed E-state index contributed by atoms with van der Waals surface area (Å²) in [6.07, 6.45) is -0.257. The van der Waals surface area contributed by atoms with Crippen LogP contribution in [0.3, 0.4) is 0 Å². The number of aliphatic hydroxyl groups excluding tert-OH is 1. The van der Waals surface area contributed by atoms with E-state index in [1.165, 1.54) is 111 Å². The summed E-state index contributed by atoms with van der Waals surface area (Å²) in [4.78, 5) is 203. The molecular formula is C76H119N11O14. The maximum Gasteiger partial charge on any atom is 0.246 e. The van der Waals surface area contributed by atoms with Crippen LogP contribution in [0, 0.1) is 29.6 Å². The highest BCUT2D eigenvalue weighted by Gasteiger charge is 2.44. The molecule has 2 aromatic carbocycles. The van der Waals surface area contributed by atoms with Crippen LogP contribution in [0.2, 0.25) is 0 Å². The summed E-state index contributed by atoms with van der Waals surface area (Å²) in [5.74, 6) is -10.8. The molecule has 13 atom stereocenters. The van der Waals surface area contributed by atoms with E-state index in [-0.39, 0.29) is 56.9 Å². The van der Waals surface area contributed by atoms with E-state index in [1.54, 1.807) is 75.1 Å². The van der Waals surface area contributed by atoms with E-state index in [1.807, 2.05) is 52.8 Å². The Labute approximate surface area is 600 Å². The van der Waals surface area contributed by atoms with Gasteiger partial charge in [0.15, 0.2) is 11.6 Å². The maximum atomic E-state index is 15.3.